The summed E-state index contributed by atoms with van der Waals surface area (Å²) < 4.78 is 16.4. The Morgan fingerprint density at radius 2 is 1.53 bits per heavy atom. The summed E-state index contributed by atoms with van der Waals surface area (Å²) in [5, 5.41) is 4.62. The lowest BCUT2D eigenvalue weighted by Crippen LogP contribution is -2.42. The summed E-state index contributed by atoms with van der Waals surface area (Å²) in [6.07, 6.45) is -0.466. The SMILES string of the molecule is CCCOc1ccccc1OCC(=O)O[C@H](C(=O)NC(=O)NCC)c1ccccc1. The van der Waals surface area contributed by atoms with Crippen LogP contribution in [0.3, 0.4) is 0 Å². The summed E-state index contributed by atoms with van der Waals surface area (Å²) in [6.45, 7) is 4.14. The third-order valence-corrected chi connectivity index (χ3v) is 3.82. The number of benzene rings is 2. The molecule has 160 valence electrons. The molecule has 0 radical (unpaired) electrons. The highest BCUT2D eigenvalue weighted by Gasteiger charge is 2.26. The van der Waals surface area contributed by atoms with Crippen LogP contribution >= 0.6 is 0 Å². The average molecular weight is 414 g/mol. The van der Waals surface area contributed by atoms with Gasteiger partial charge in [0.1, 0.15) is 0 Å². The van der Waals surface area contributed by atoms with Gasteiger partial charge < -0.3 is 19.5 Å². The van der Waals surface area contributed by atoms with E-state index in [1.54, 1.807) is 61.5 Å². The van der Waals surface area contributed by atoms with E-state index in [9.17, 15) is 14.4 Å². The van der Waals surface area contributed by atoms with Crippen molar-refractivity contribution in [1.29, 1.82) is 0 Å². The summed E-state index contributed by atoms with van der Waals surface area (Å²) in [5.41, 5.74) is 0.430. The first-order chi connectivity index (χ1) is 14.5. The van der Waals surface area contributed by atoms with Crippen LogP contribution in [0.1, 0.15) is 31.9 Å². The number of ether oxygens (including phenoxy) is 3. The molecule has 0 aliphatic heterocycles. The number of nitrogens with one attached hydrogen (secondary N) is 2. The maximum atomic E-state index is 12.5. The van der Waals surface area contributed by atoms with Gasteiger partial charge in [-0.2, -0.15) is 0 Å². The molecule has 3 amide bonds. The van der Waals surface area contributed by atoms with Crippen molar-refractivity contribution in [2.45, 2.75) is 26.4 Å². The highest BCUT2D eigenvalue weighted by molar-refractivity contribution is 5.97. The Morgan fingerprint density at radius 1 is 0.900 bits per heavy atom. The molecule has 0 fully saturated rings. The van der Waals surface area contributed by atoms with E-state index in [1.165, 1.54) is 0 Å². The van der Waals surface area contributed by atoms with Gasteiger partial charge in [0.05, 0.1) is 6.61 Å². The van der Waals surface area contributed by atoms with Gasteiger partial charge in [-0.25, -0.2) is 9.59 Å². The summed E-state index contributed by atoms with van der Waals surface area (Å²) in [4.78, 5) is 36.6. The van der Waals surface area contributed by atoms with Crippen LogP contribution in [0.5, 0.6) is 11.5 Å². The van der Waals surface area contributed by atoms with Gasteiger partial charge in [-0.15, -0.1) is 0 Å². The predicted molar refractivity (Wildman–Crippen MR) is 110 cm³/mol. The standard InChI is InChI=1S/C22H26N2O6/c1-3-14-28-17-12-8-9-13-18(17)29-15-19(25)30-20(16-10-6-5-7-11-16)21(26)24-22(27)23-4-2/h5-13,20H,3-4,14-15H2,1-2H3,(H2,23,24,26,27)/t20-/m0/s1. The number of carbonyl (C=O) groups is 3. The number of rotatable bonds is 10. The fourth-order valence-corrected chi connectivity index (χ4v) is 2.49. The Hall–Kier alpha value is -3.55. The van der Waals surface area contributed by atoms with E-state index in [1.807, 2.05) is 6.92 Å². The Bertz CT molecular complexity index is 841. The highest BCUT2D eigenvalue weighted by Crippen LogP contribution is 2.26. The lowest BCUT2D eigenvalue weighted by Gasteiger charge is -2.18. The molecule has 0 aliphatic rings. The van der Waals surface area contributed by atoms with Crippen LogP contribution in [0.15, 0.2) is 54.6 Å². The second-order valence-electron chi connectivity index (χ2n) is 6.21. The first-order valence-corrected chi connectivity index (χ1v) is 9.72. The number of amides is 3. The molecule has 8 heteroatoms. The maximum absolute atomic E-state index is 12.5. The largest absolute Gasteiger partial charge is 0.490 e. The number of hydrogen-bond acceptors (Lipinski definition) is 6. The third kappa shape index (κ3) is 7.12. The molecule has 0 bridgehead atoms. The Balaban J connectivity index is 2.04. The van der Waals surface area contributed by atoms with Crippen LogP contribution in [-0.2, 0) is 14.3 Å². The number of para-hydroxylation sites is 2. The molecule has 2 N–H and O–H groups in total. The number of urea groups is 1. The molecule has 2 aromatic rings. The Morgan fingerprint density at radius 3 is 2.17 bits per heavy atom. The molecule has 0 aliphatic carbocycles. The van der Waals surface area contributed by atoms with Gasteiger partial charge in [-0.05, 0) is 25.5 Å². The second-order valence-corrected chi connectivity index (χ2v) is 6.21. The van der Waals surface area contributed by atoms with E-state index < -0.39 is 30.6 Å². The third-order valence-electron chi connectivity index (χ3n) is 3.82. The normalized spacial score (nSPS) is 11.1. The van der Waals surface area contributed by atoms with Crippen molar-refractivity contribution in [2.24, 2.45) is 0 Å². The molecular formula is C22H26N2O6. The monoisotopic (exact) mass is 414 g/mol. The molecule has 0 saturated carbocycles. The molecule has 0 heterocycles. The summed E-state index contributed by atoms with van der Waals surface area (Å²) in [7, 11) is 0. The predicted octanol–water partition coefficient (Wildman–Crippen LogP) is 2.98. The quantitative estimate of drug-likeness (QED) is 0.580. The molecule has 0 spiro atoms. The topological polar surface area (TPSA) is 103 Å². The molecule has 2 aromatic carbocycles. The van der Waals surface area contributed by atoms with Crippen molar-refractivity contribution in [3.63, 3.8) is 0 Å². The molecule has 0 aromatic heterocycles. The van der Waals surface area contributed by atoms with Gasteiger partial charge in [0.15, 0.2) is 18.1 Å². The molecule has 0 unspecified atom stereocenters. The van der Waals surface area contributed by atoms with Crippen molar-refractivity contribution in [3.05, 3.63) is 60.2 Å². The second kappa shape index (κ2) is 12.1. The first-order valence-electron chi connectivity index (χ1n) is 9.72. The Kier molecular flexibility index (Phi) is 9.18. The number of hydrogen-bond donors (Lipinski definition) is 2. The van der Waals surface area contributed by atoms with Gasteiger partial charge >= 0.3 is 12.0 Å². The molecule has 1 atom stereocenters. The fourth-order valence-electron chi connectivity index (χ4n) is 2.49. The summed E-state index contributed by atoms with van der Waals surface area (Å²) in [5.74, 6) is -0.612. The van der Waals surface area contributed by atoms with Gasteiger partial charge in [0, 0.05) is 12.1 Å². The van der Waals surface area contributed by atoms with E-state index in [0.717, 1.165) is 6.42 Å². The van der Waals surface area contributed by atoms with Crippen LogP contribution in [0, 0.1) is 0 Å². The molecular weight excluding hydrogens is 388 g/mol. The number of imide groups is 1. The van der Waals surface area contributed by atoms with Crippen molar-refractivity contribution in [2.75, 3.05) is 19.8 Å². The van der Waals surface area contributed by atoms with Crippen LogP contribution in [0.4, 0.5) is 4.79 Å². The maximum Gasteiger partial charge on any atom is 0.345 e. The van der Waals surface area contributed by atoms with E-state index in [-0.39, 0.29) is 0 Å². The lowest BCUT2D eigenvalue weighted by atomic mass is 10.1. The fraction of sp³-hybridized carbons (Fsp3) is 0.318. The van der Waals surface area contributed by atoms with E-state index in [0.29, 0.717) is 30.2 Å². The zero-order valence-electron chi connectivity index (χ0n) is 17.1. The summed E-state index contributed by atoms with van der Waals surface area (Å²) >= 11 is 0. The molecule has 0 saturated heterocycles. The van der Waals surface area contributed by atoms with Gasteiger partial charge in [0.25, 0.3) is 5.91 Å². The highest BCUT2D eigenvalue weighted by atomic mass is 16.6. The van der Waals surface area contributed by atoms with E-state index in [2.05, 4.69) is 10.6 Å². The van der Waals surface area contributed by atoms with Crippen molar-refractivity contribution >= 4 is 17.9 Å². The van der Waals surface area contributed by atoms with Gasteiger partial charge in [-0.3, -0.25) is 10.1 Å². The average Bonchev–Trinajstić information content (AvgIpc) is 2.75. The van der Waals surface area contributed by atoms with Crippen LogP contribution in [0.25, 0.3) is 0 Å². The molecule has 2 rings (SSSR count). The van der Waals surface area contributed by atoms with Crippen LogP contribution in [0.2, 0.25) is 0 Å². The van der Waals surface area contributed by atoms with Crippen molar-refractivity contribution in [1.82, 2.24) is 10.6 Å². The lowest BCUT2D eigenvalue weighted by molar-refractivity contribution is -0.158. The number of esters is 1. The smallest absolute Gasteiger partial charge is 0.345 e. The number of carbonyl (C=O) groups excluding carboxylic acids is 3. The van der Waals surface area contributed by atoms with Crippen molar-refractivity contribution in [3.8, 4) is 11.5 Å². The summed E-state index contributed by atoms with van der Waals surface area (Å²) in [6, 6.07) is 14.7. The first kappa shape index (κ1) is 22.7. The van der Waals surface area contributed by atoms with Crippen LogP contribution in [-0.4, -0.2) is 37.7 Å². The van der Waals surface area contributed by atoms with Crippen LogP contribution < -0.4 is 20.1 Å². The Labute approximate surface area is 175 Å². The minimum absolute atomic E-state index is 0.349. The van der Waals surface area contributed by atoms with Crippen molar-refractivity contribution < 1.29 is 28.6 Å². The minimum Gasteiger partial charge on any atom is -0.490 e. The van der Waals surface area contributed by atoms with E-state index in [4.69, 9.17) is 14.2 Å². The zero-order chi connectivity index (χ0) is 21.8. The van der Waals surface area contributed by atoms with Gasteiger partial charge in [-0.1, -0.05) is 49.4 Å². The molecule has 8 nitrogen and oxygen atoms in total. The zero-order valence-corrected chi connectivity index (χ0v) is 17.1. The van der Waals surface area contributed by atoms with E-state index >= 15 is 0 Å². The van der Waals surface area contributed by atoms with Gasteiger partial charge in [0.2, 0.25) is 6.10 Å². The molecule has 30 heavy (non-hydrogen) atoms. The minimum atomic E-state index is -1.29.